The van der Waals surface area contributed by atoms with Crippen molar-refractivity contribution in [1.29, 1.82) is 0 Å². The van der Waals surface area contributed by atoms with Gasteiger partial charge in [-0.25, -0.2) is 0 Å². The molecule has 21 heavy (non-hydrogen) atoms. The number of nitrogens with two attached hydrogens (primary N) is 1. The monoisotopic (exact) mass is 286 g/mol. The lowest BCUT2D eigenvalue weighted by atomic mass is 9.85. The zero-order valence-corrected chi connectivity index (χ0v) is 11.6. The number of ether oxygens (including phenoxy) is 1. The first-order chi connectivity index (χ1) is 10.2. The lowest BCUT2D eigenvalue weighted by Crippen LogP contribution is -2.64. The molecule has 1 spiro atoms. The molecule has 6 nitrogen and oxygen atoms in total. The van der Waals surface area contributed by atoms with Crippen LogP contribution in [0.1, 0.15) is 29.6 Å². The summed E-state index contributed by atoms with van der Waals surface area (Å²) in [6.45, 7) is 2.31. The minimum atomic E-state index is -0.541. The molecule has 2 saturated heterocycles. The number of carbonyl (C=O) groups excluding carboxylic acids is 1. The molecule has 4 rings (SSSR count). The first-order valence-corrected chi connectivity index (χ1v) is 7.16. The molecular formula is C15H16N3O3. The molecule has 2 N–H and O–H groups in total. The molecule has 2 fully saturated rings. The summed E-state index contributed by atoms with van der Waals surface area (Å²) < 4.78 is 11.3. The highest BCUT2D eigenvalue weighted by Crippen LogP contribution is 2.39. The van der Waals surface area contributed by atoms with Crippen LogP contribution in [0.2, 0.25) is 0 Å². The summed E-state index contributed by atoms with van der Waals surface area (Å²) in [4.78, 5) is 18.2. The number of aromatic nitrogens is 1. The van der Waals surface area contributed by atoms with Gasteiger partial charge in [0.25, 0.3) is 11.9 Å². The van der Waals surface area contributed by atoms with Crippen LogP contribution >= 0.6 is 0 Å². The Labute approximate surface area is 121 Å². The number of anilines is 1. The number of rotatable bonds is 2. The molecule has 2 aliphatic heterocycles. The zero-order valence-electron chi connectivity index (χ0n) is 11.6. The van der Waals surface area contributed by atoms with Gasteiger partial charge in [0.15, 0.2) is 5.58 Å². The van der Waals surface area contributed by atoms with Crippen molar-refractivity contribution in [2.24, 2.45) is 5.73 Å². The average Bonchev–Trinajstić information content (AvgIpc) is 2.88. The van der Waals surface area contributed by atoms with Crippen LogP contribution in [0.15, 0.2) is 16.5 Å². The van der Waals surface area contributed by atoms with Crippen molar-refractivity contribution in [3.05, 3.63) is 23.8 Å². The number of primary amides is 1. The highest BCUT2D eigenvalue weighted by atomic mass is 16.5. The largest absolute Gasteiger partial charge is 0.423 e. The molecule has 6 heteroatoms. The van der Waals surface area contributed by atoms with E-state index >= 15 is 0 Å². The Hall–Kier alpha value is -2.08. The normalized spacial score (nSPS) is 20.7. The van der Waals surface area contributed by atoms with Gasteiger partial charge in [-0.1, -0.05) is 0 Å². The predicted octanol–water partition coefficient (Wildman–Crippen LogP) is 1.49. The Morgan fingerprint density at radius 3 is 3.00 bits per heavy atom. The van der Waals surface area contributed by atoms with Gasteiger partial charge in [-0.2, -0.15) is 4.98 Å². The van der Waals surface area contributed by atoms with Crippen LogP contribution in [0.3, 0.4) is 0 Å². The lowest BCUT2D eigenvalue weighted by Gasteiger charge is -2.51. The quantitative estimate of drug-likeness (QED) is 0.904. The number of benzene rings is 1. The van der Waals surface area contributed by atoms with E-state index in [2.05, 4.69) is 16.0 Å². The van der Waals surface area contributed by atoms with Crippen LogP contribution in [-0.2, 0) is 4.74 Å². The Kier molecular flexibility index (Phi) is 2.68. The molecule has 1 amide bonds. The van der Waals surface area contributed by atoms with E-state index in [1.165, 1.54) is 6.42 Å². The van der Waals surface area contributed by atoms with Gasteiger partial charge >= 0.3 is 0 Å². The topological polar surface area (TPSA) is 81.6 Å². The standard InChI is InChI=1S/C15H16N3O3/c16-13(19)10-4-3-5-11-12(10)17-14(21-11)18-7-2-1-6-15(18)8-20-9-15/h3,5H,1-2,6-9H2,(H2,16,19). The van der Waals surface area contributed by atoms with Crippen molar-refractivity contribution in [1.82, 2.24) is 4.98 Å². The van der Waals surface area contributed by atoms with Gasteiger partial charge in [-0.3, -0.25) is 4.79 Å². The summed E-state index contributed by atoms with van der Waals surface area (Å²) in [7, 11) is 0. The molecule has 2 aliphatic rings. The minimum Gasteiger partial charge on any atom is -0.423 e. The van der Waals surface area contributed by atoms with Crippen LogP contribution in [0, 0.1) is 6.07 Å². The van der Waals surface area contributed by atoms with Crippen molar-refractivity contribution in [3.8, 4) is 0 Å². The fraction of sp³-hybridized carbons (Fsp3) is 0.467. The van der Waals surface area contributed by atoms with Gasteiger partial charge in [0.2, 0.25) is 0 Å². The number of amides is 1. The first kappa shape index (κ1) is 12.6. The molecule has 0 aliphatic carbocycles. The van der Waals surface area contributed by atoms with E-state index in [0.717, 1.165) is 19.4 Å². The zero-order chi connectivity index (χ0) is 14.4. The van der Waals surface area contributed by atoms with E-state index in [4.69, 9.17) is 14.9 Å². The SMILES string of the molecule is NC(=O)c1[c]ccc2oc(N3CCCCC34COC4)nc12. The minimum absolute atomic E-state index is 0.00965. The van der Waals surface area contributed by atoms with Crippen LogP contribution in [-0.4, -0.2) is 36.2 Å². The predicted molar refractivity (Wildman–Crippen MR) is 76.1 cm³/mol. The van der Waals surface area contributed by atoms with Crippen LogP contribution < -0.4 is 10.6 Å². The number of fused-ring (bicyclic) bond motifs is 1. The lowest BCUT2D eigenvalue weighted by molar-refractivity contribution is -0.0701. The Balaban J connectivity index is 1.80. The second kappa shape index (κ2) is 4.46. The number of nitrogens with zero attached hydrogens (tertiary/aromatic N) is 2. The number of piperidine rings is 1. The third-order valence-corrected chi connectivity index (χ3v) is 4.41. The average molecular weight is 286 g/mol. The summed E-state index contributed by atoms with van der Waals surface area (Å²) in [5, 5.41) is 0. The molecule has 3 heterocycles. The molecule has 2 aromatic rings. The van der Waals surface area contributed by atoms with E-state index in [9.17, 15) is 4.79 Å². The fourth-order valence-corrected chi connectivity index (χ4v) is 3.22. The Morgan fingerprint density at radius 1 is 1.43 bits per heavy atom. The molecule has 0 unspecified atom stereocenters. The maximum atomic E-state index is 11.5. The summed E-state index contributed by atoms with van der Waals surface area (Å²) in [5.74, 6) is -0.541. The smallest absolute Gasteiger partial charge is 0.299 e. The van der Waals surface area contributed by atoms with Crippen LogP contribution in [0.5, 0.6) is 0 Å². The summed E-state index contributed by atoms with van der Waals surface area (Å²) in [6, 6.07) is 6.78. The Morgan fingerprint density at radius 2 is 2.29 bits per heavy atom. The summed E-state index contributed by atoms with van der Waals surface area (Å²) in [6.07, 6.45) is 3.39. The Bertz CT molecular complexity index is 705. The first-order valence-electron chi connectivity index (χ1n) is 7.16. The fourth-order valence-electron chi connectivity index (χ4n) is 3.22. The van der Waals surface area contributed by atoms with E-state index in [1.807, 2.05) is 0 Å². The molecule has 1 aromatic heterocycles. The molecule has 109 valence electrons. The third-order valence-electron chi connectivity index (χ3n) is 4.41. The number of oxazole rings is 1. The van der Waals surface area contributed by atoms with E-state index in [1.54, 1.807) is 12.1 Å². The highest BCUT2D eigenvalue weighted by Gasteiger charge is 2.47. The summed E-state index contributed by atoms with van der Waals surface area (Å²) >= 11 is 0. The third kappa shape index (κ3) is 1.82. The number of hydrogen-bond donors (Lipinski definition) is 1. The number of hydrogen-bond acceptors (Lipinski definition) is 5. The van der Waals surface area contributed by atoms with Gasteiger partial charge < -0.3 is 19.8 Å². The van der Waals surface area contributed by atoms with E-state index < -0.39 is 5.91 Å². The van der Waals surface area contributed by atoms with Gasteiger partial charge in [-0.15, -0.1) is 0 Å². The van der Waals surface area contributed by atoms with Gasteiger partial charge in [0.1, 0.15) is 5.52 Å². The van der Waals surface area contributed by atoms with Crippen LogP contribution in [0.4, 0.5) is 6.01 Å². The van der Waals surface area contributed by atoms with Crippen LogP contribution in [0.25, 0.3) is 11.1 Å². The molecular weight excluding hydrogens is 270 g/mol. The summed E-state index contributed by atoms with van der Waals surface area (Å²) in [5.41, 5.74) is 6.71. The van der Waals surface area contributed by atoms with Crippen molar-refractivity contribution in [2.45, 2.75) is 24.8 Å². The number of carbonyl (C=O) groups is 1. The molecule has 1 aromatic carbocycles. The highest BCUT2D eigenvalue weighted by molar-refractivity contribution is 6.03. The van der Waals surface area contributed by atoms with Crippen molar-refractivity contribution < 1.29 is 13.9 Å². The second-order valence-electron chi connectivity index (χ2n) is 5.75. The second-order valence-corrected chi connectivity index (χ2v) is 5.75. The van der Waals surface area contributed by atoms with E-state index in [0.29, 0.717) is 30.3 Å². The molecule has 0 saturated carbocycles. The maximum absolute atomic E-state index is 11.5. The maximum Gasteiger partial charge on any atom is 0.299 e. The molecule has 0 atom stereocenters. The van der Waals surface area contributed by atoms with Crippen molar-refractivity contribution in [2.75, 3.05) is 24.7 Å². The van der Waals surface area contributed by atoms with E-state index in [-0.39, 0.29) is 11.1 Å². The molecule has 0 bridgehead atoms. The van der Waals surface area contributed by atoms with Crippen molar-refractivity contribution in [3.63, 3.8) is 0 Å². The van der Waals surface area contributed by atoms with Gasteiger partial charge in [-0.05, 0) is 37.5 Å². The van der Waals surface area contributed by atoms with Crippen molar-refractivity contribution >= 4 is 23.0 Å². The van der Waals surface area contributed by atoms with Gasteiger partial charge in [0.05, 0.1) is 24.3 Å². The molecule has 1 radical (unpaired) electrons. The van der Waals surface area contributed by atoms with Gasteiger partial charge in [0, 0.05) is 6.54 Å².